The summed E-state index contributed by atoms with van der Waals surface area (Å²) >= 11 is 0. The first kappa shape index (κ1) is 21.1. The lowest BCUT2D eigenvalue weighted by Crippen LogP contribution is -2.52. The smallest absolute Gasteiger partial charge is 0.124 e. The van der Waals surface area contributed by atoms with E-state index in [1.807, 2.05) is 13.0 Å². The van der Waals surface area contributed by atoms with Crippen LogP contribution in [0.25, 0.3) is 11.0 Å². The number of furan rings is 1. The lowest BCUT2D eigenvalue weighted by molar-refractivity contribution is 0.0438. The molecule has 1 aliphatic rings. The molecule has 1 fully saturated rings. The molecule has 1 atom stereocenters. The SMILES string of the molecule is Cc1ccc(CN2CCN(Cc3nc4ccccc4n3CC(C)C)C[C@@H]2CCO)o1. The zero-order valence-corrected chi connectivity index (χ0v) is 18.4. The van der Waals surface area contributed by atoms with Crippen LogP contribution in [0.15, 0.2) is 40.8 Å². The van der Waals surface area contributed by atoms with Crippen LogP contribution in [0.4, 0.5) is 0 Å². The van der Waals surface area contributed by atoms with Crippen LogP contribution < -0.4 is 0 Å². The Balaban J connectivity index is 1.49. The average Bonchev–Trinajstić information content (AvgIpc) is 3.27. The Morgan fingerprint density at radius 2 is 1.97 bits per heavy atom. The minimum Gasteiger partial charge on any atom is -0.465 e. The Kier molecular flexibility index (Phi) is 6.56. The monoisotopic (exact) mass is 410 g/mol. The van der Waals surface area contributed by atoms with E-state index in [4.69, 9.17) is 9.40 Å². The molecular formula is C24H34N4O2. The van der Waals surface area contributed by atoms with Crippen molar-refractivity contribution in [3.63, 3.8) is 0 Å². The Morgan fingerprint density at radius 3 is 2.70 bits per heavy atom. The number of aryl methyl sites for hydroxylation is 1. The molecule has 1 saturated heterocycles. The summed E-state index contributed by atoms with van der Waals surface area (Å²) in [6.45, 7) is 12.2. The molecule has 162 valence electrons. The van der Waals surface area contributed by atoms with Crippen LogP contribution in [-0.2, 0) is 19.6 Å². The summed E-state index contributed by atoms with van der Waals surface area (Å²) in [4.78, 5) is 9.90. The van der Waals surface area contributed by atoms with E-state index in [-0.39, 0.29) is 6.61 Å². The van der Waals surface area contributed by atoms with Crippen LogP contribution in [0, 0.1) is 12.8 Å². The van der Waals surface area contributed by atoms with Crippen molar-refractivity contribution >= 4 is 11.0 Å². The van der Waals surface area contributed by atoms with Gasteiger partial charge in [0.2, 0.25) is 0 Å². The number of imidazole rings is 1. The number of benzene rings is 1. The van der Waals surface area contributed by atoms with Gasteiger partial charge in [-0.05, 0) is 43.5 Å². The summed E-state index contributed by atoms with van der Waals surface area (Å²) in [5.41, 5.74) is 2.30. The van der Waals surface area contributed by atoms with E-state index in [0.717, 1.165) is 68.6 Å². The zero-order chi connectivity index (χ0) is 21.1. The van der Waals surface area contributed by atoms with Gasteiger partial charge in [-0.15, -0.1) is 0 Å². The lowest BCUT2D eigenvalue weighted by atomic mass is 10.1. The normalized spacial score (nSPS) is 18.6. The van der Waals surface area contributed by atoms with Crippen molar-refractivity contribution < 1.29 is 9.52 Å². The highest BCUT2D eigenvalue weighted by atomic mass is 16.3. The molecule has 1 N–H and O–H groups in total. The van der Waals surface area contributed by atoms with Gasteiger partial charge in [0.25, 0.3) is 0 Å². The predicted octanol–water partition coefficient (Wildman–Crippen LogP) is 3.66. The Hall–Kier alpha value is -2.15. The summed E-state index contributed by atoms with van der Waals surface area (Å²) < 4.78 is 8.18. The second kappa shape index (κ2) is 9.33. The Bertz CT molecular complexity index is 961. The van der Waals surface area contributed by atoms with Crippen molar-refractivity contribution in [3.8, 4) is 0 Å². The molecule has 6 nitrogen and oxygen atoms in total. The van der Waals surface area contributed by atoms with E-state index in [9.17, 15) is 5.11 Å². The molecule has 4 rings (SSSR count). The Labute approximate surface area is 179 Å². The first-order valence-corrected chi connectivity index (χ1v) is 11.1. The van der Waals surface area contributed by atoms with Gasteiger partial charge in [0.1, 0.15) is 17.3 Å². The molecule has 1 aromatic carbocycles. The van der Waals surface area contributed by atoms with Crippen LogP contribution in [0.2, 0.25) is 0 Å². The van der Waals surface area contributed by atoms with Crippen molar-refractivity contribution in [2.45, 2.75) is 52.9 Å². The summed E-state index contributed by atoms with van der Waals surface area (Å²) in [5, 5.41) is 9.64. The highest BCUT2D eigenvalue weighted by Gasteiger charge is 2.28. The fourth-order valence-corrected chi connectivity index (χ4v) is 4.52. The number of nitrogens with zero attached hydrogens (tertiary/aromatic N) is 4. The second-order valence-corrected chi connectivity index (χ2v) is 8.91. The fraction of sp³-hybridized carbons (Fsp3) is 0.542. The number of aromatic nitrogens is 2. The molecule has 0 aliphatic carbocycles. The van der Waals surface area contributed by atoms with E-state index in [2.05, 4.69) is 58.5 Å². The molecule has 3 aromatic rings. The maximum absolute atomic E-state index is 9.64. The topological polar surface area (TPSA) is 57.7 Å². The maximum atomic E-state index is 9.64. The number of rotatable bonds is 8. The molecule has 30 heavy (non-hydrogen) atoms. The highest BCUT2D eigenvalue weighted by molar-refractivity contribution is 5.75. The highest BCUT2D eigenvalue weighted by Crippen LogP contribution is 2.22. The third-order valence-corrected chi connectivity index (χ3v) is 5.95. The van der Waals surface area contributed by atoms with Gasteiger partial charge in [-0.25, -0.2) is 4.98 Å². The number of fused-ring (bicyclic) bond motifs is 1. The molecule has 0 spiro atoms. The number of aliphatic hydroxyl groups is 1. The third kappa shape index (κ3) is 4.77. The van der Waals surface area contributed by atoms with Crippen molar-refractivity contribution in [1.29, 1.82) is 0 Å². The van der Waals surface area contributed by atoms with Crippen molar-refractivity contribution in [2.24, 2.45) is 5.92 Å². The van der Waals surface area contributed by atoms with Gasteiger partial charge in [-0.3, -0.25) is 9.80 Å². The molecule has 0 radical (unpaired) electrons. The quantitative estimate of drug-likeness (QED) is 0.614. The standard InChI is InChI=1S/C24H34N4O2/c1-18(2)14-28-23-7-5-4-6-22(23)25-24(28)17-26-11-12-27(20(15-26)10-13-29)16-21-9-8-19(3)30-21/h4-9,18,20,29H,10-17H2,1-3H3/t20-/m0/s1. The number of piperazine rings is 1. The van der Waals surface area contributed by atoms with Gasteiger partial charge in [0.15, 0.2) is 0 Å². The Morgan fingerprint density at radius 1 is 1.13 bits per heavy atom. The van der Waals surface area contributed by atoms with Gasteiger partial charge in [-0.1, -0.05) is 26.0 Å². The van der Waals surface area contributed by atoms with Crippen molar-refractivity contribution in [2.75, 3.05) is 26.2 Å². The molecule has 0 saturated carbocycles. The minimum absolute atomic E-state index is 0.206. The van der Waals surface area contributed by atoms with E-state index in [1.165, 1.54) is 5.52 Å². The molecule has 0 bridgehead atoms. The molecule has 1 aliphatic heterocycles. The molecular weight excluding hydrogens is 376 g/mol. The first-order chi connectivity index (χ1) is 14.5. The zero-order valence-electron chi connectivity index (χ0n) is 18.4. The molecule has 0 amide bonds. The van der Waals surface area contributed by atoms with Gasteiger partial charge in [0, 0.05) is 38.8 Å². The van der Waals surface area contributed by atoms with E-state index in [1.54, 1.807) is 0 Å². The van der Waals surface area contributed by atoms with Gasteiger partial charge in [-0.2, -0.15) is 0 Å². The molecule has 2 aromatic heterocycles. The summed E-state index contributed by atoms with van der Waals surface area (Å²) in [5.74, 6) is 3.66. The van der Waals surface area contributed by atoms with Gasteiger partial charge < -0.3 is 14.1 Å². The van der Waals surface area contributed by atoms with Crippen LogP contribution in [0.3, 0.4) is 0 Å². The minimum atomic E-state index is 0.206. The van der Waals surface area contributed by atoms with Gasteiger partial charge in [0.05, 0.1) is 24.1 Å². The summed E-state index contributed by atoms with van der Waals surface area (Å²) in [6.07, 6.45) is 0.776. The molecule has 3 heterocycles. The average molecular weight is 411 g/mol. The van der Waals surface area contributed by atoms with Crippen LogP contribution >= 0.6 is 0 Å². The number of hydrogen-bond donors (Lipinski definition) is 1. The van der Waals surface area contributed by atoms with Crippen LogP contribution in [-0.4, -0.2) is 56.7 Å². The van der Waals surface area contributed by atoms with Crippen LogP contribution in [0.5, 0.6) is 0 Å². The van der Waals surface area contributed by atoms with Crippen molar-refractivity contribution in [3.05, 3.63) is 53.7 Å². The first-order valence-electron chi connectivity index (χ1n) is 11.1. The number of hydrogen-bond acceptors (Lipinski definition) is 5. The van der Waals surface area contributed by atoms with Gasteiger partial charge >= 0.3 is 0 Å². The second-order valence-electron chi connectivity index (χ2n) is 8.91. The fourth-order valence-electron chi connectivity index (χ4n) is 4.52. The number of aliphatic hydroxyl groups excluding tert-OH is 1. The largest absolute Gasteiger partial charge is 0.465 e. The van der Waals surface area contributed by atoms with E-state index < -0.39 is 0 Å². The molecule has 6 heteroatoms. The number of para-hydroxylation sites is 2. The predicted molar refractivity (Wildman–Crippen MR) is 119 cm³/mol. The summed E-state index contributed by atoms with van der Waals surface area (Å²) in [6, 6.07) is 12.8. The molecule has 0 unspecified atom stereocenters. The third-order valence-electron chi connectivity index (χ3n) is 5.95. The summed E-state index contributed by atoms with van der Waals surface area (Å²) in [7, 11) is 0. The van der Waals surface area contributed by atoms with E-state index in [0.29, 0.717) is 12.0 Å². The van der Waals surface area contributed by atoms with Crippen LogP contribution in [0.1, 0.15) is 37.6 Å². The van der Waals surface area contributed by atoms with Crippen molar-refractivity contribution in [1.82, 2.24) is 19.4 Å². The maximum Gasteiger partial charge on any atom is 0.124 e. The lowest BCUT2D eigenvalue weighted by Gasteiger charge is -2.41. The van der Waals surface area contributed by atoms with E-state index >= 15 is 0 Å².